The number of hydrogen-bond donors (Lipinski definition) is 0. The van der Waals surface area contributed by atoms with E-state index in [1.165, 1.54) is 6.42 Å². The summed E-state index contributed by atoms with van der Waals surface area (Å²) in [6.07, 6.45) is 1.26. The first-order valence-corrected chi connectivity index (χ1v) is 8.00. The third kappa shape index (κ3) is 2.07. The number of halogens is 1. The van der Waals surface area contributed by atoms with Crippen molar-refractivity contribution in [1.82, 2.24) is 4.90 Å². The Morgan fingerprint density at radius 3 is 2.86 bits per heavy atom. The van der Waals surface area contributed by atoms with Gasteiger partial charge in [-0.3, -0.25) is 4.79 Å². The van der Waals surface area contributed by atoms with Crippen LogP contribution in [0.5, 0.6) is 0 Å². The van der Waals surface area contributed by atoms with Crippen molar-refractivity contribution in [3.8, 4) is 11.3 Å². The molecule has 1 aromatic heterocycles. The number of fused-ring (bicyclic) bond motifs is 1. The summed E-state index contributed by atoms with van der Waals surface area (Å²) in [5.74, 6) is 2.08. The molecule has 2 fully saturated rings. The Hall–Kier alpha value is -1.74. The number of nitrogens with zero attached hydrogens (tertiary/aromatic N) is 1. The molecule has 0 bridgehead atoms. The van der Waals surface area contributed by atoms with Crippen molar-refractivity contribution in [3.05, 3.63) is 46.7 Å². The van der Waals surface area contributed by atoms with Crippen molar-refractivity contribution < 1.29 is 9.21 Å². The number of carbonyl (C=O) groups is 1. The number of aryl methyl sites for hydroxylation is 1. The lowest BCUT2D eigenvalue weighted by atomic mass is 10.1. The number of likely N-dealkylation sites (tertiary alicyclic amines) is 1. The van der Waals surface area contributed by atoms with Gasteiger partial charge in [0.25, 0.3) is 5.91 Å². The molecule has 3 nitrogen and oxygen atoms in total. The van der Waals surface area contributed by atoms with Gasteiger partial charge in [0.05, 0.1) is 10.6 Å². The van der Waals surface area contributed by atoms with Gasteiger partial charge in [-0.25, -0.2) is 0 Å². The second kappa shape index (κ2) is 4.63. The van der Waals surface area contributed by atoms with Gasteiger partial charge < -0.3 is 9.32 Å². The van der Waals surface area contributed by atoms with E-state index in [0.717, 1.165) is 18.7 Å². The van der Waals surface area contributed by atoms with Gasteiger partial charge in [0.1, 0.15) is 11.5 Å². The predicted molar refractivity (Wildman–Crippen MR) is 86.0 cm³/mol. The number of benzene rings is 1. The zero-order valence-electron chi connectivity index (χ0n) is 12.7. The van der Waals surface area contributed by atoms with Crippen LogP contribution in [0.3, 0.4) is 0 Å². The molecule has 4 rings (SSSR count). The van der Waals surface area contributed by atoms with Gasteiger partial charge in [0.15, 0.2) is 0 Å². The summed E-state index contributed by atoms with van der Waals surface area (Å²) in [5, 5.41) is 0.630. The van der Waals surface area contributed by atoms with Gasteiger partial charge in [-0.1, -0.05) is 30.7 Å². The first kappa shape index (κ1) is 13.9. The molecule has 1 aromatic carbocycles. The van der Waals surface area contributed by atoms with Gasteiger partial charge in [0.2, 0.25) is 0 Å². The summed E-state index contributed by atoms with van der Waals surface area (Å²) < 4.78 is 5.79. The fraction of sp³-hybridized carbons (Fsp3) is 0.389. The van der Waals surface area contributed by atoms with E-state index >= 15 is 0 Å². The Morgan fingerprint density at radius 2 is 2.18 bits per heavy atom. The van der Waals surface area contributed by atoms with Gasteiger partial charge in [-0.15, -0.1) is 0 Å². The number of amides is 1. The Bertz CT molecular complexity index is 766. The third-order valence-electron chi connectivity index (χ3n) is 5.11. The molecular weight excluding hydrogens is 298 g/mol. The normalized spacial score (nSPS) is 26.1. The minimum absolute atomic E-state index is 0.0768. The summed E-state index contributed by atoms with van der Waals surface area (Å²) in [6.45, 7) is 5.85. The average molecular weight is 316 g/mol. The van der Waals surface area contributed by atoms with E-state index in [1.807, 2.05) is 42.2 Å². The van der Waals surface area contributed by atoms with E-state index in [4.69, 9.17) is 16.0 Å². The first-order chi connectivity index (χ1) is 10.5. The Balaban J connectivity index is 1.63. The molecule has 2 atom stereocenters. The molecule has 1 saturated carbocycles. The highest BCUT2D eigenvalue weighted by Crippen LogP contribution is 2.57. The lowest BCUT2D eigenvalue weighted by molar-refractivity contribution is 0.0765. The first-order valence-electron chi connectivity index (χ1n) is 7.62. The third-order valence-corrected chi connectivity index (χ3v) is 5.44. The molecule has 2 aromatic rings. The second-order valence-corrected chi connectivity index (χ2v) is 7.21. The summed E-state index contributed by atoms with van der Waals surface area (Å²) in [6, 6.07) is 9.34. The van der Waals surface area contributed by atoms with Crippen molar-refractivity contribution in [3.63, 3.8) is 0 Å². The van der Waals surface area contributed by atoms with Crippen molar-refractivity contribution >= 4 is 17.5 Å². The molecule has 0 N–H and O–H groups in total. The van der Waals surface area contributed by atoms with Crippen molar-refractivity contribution in [2.24, 2.45) is 11.3 Å². The number of piperidine rings is 1. The molecule has 2 heterocycles. The Labute approximate surface area is 134 Å². The maximum absolute atomic E-state index is 12.7. The average Bonchev–Trinajstić information content (AvgIpc) is 2.82. The SMILES string of the molecule is Cc1oc(-c2ccccc2Cl)cc1C(=O)N1CC2CC2(C)C1. The summed E-state index contributed by atoms with van der Waals surface area (Å²) >= 11 is 6.21. The van der Waals surface area contributed by atoms with Crippen LogP contribution in [0.1, 0.15) is 29.5 Å². The smallest absolute Gasteiger partial charge is 0.257 e. The van der Waals surface area contributed by atoms with Crippen molar-refractivity contribution in [2.45, 2.75) is 20.3 Å². The van der Waals surface area contributed by atoms with Crippen LogP contribution in [-0.4, -0.2) is 23.9 Å². The van der Waals surface area contributed by atoms with E-state index in [9.17, 15) is 4.79 Å². The van der Waals surface area contributed by atoms with E-state index in [0.29, 0.717) is 33.4 Å². The molecule has 4 heteroatoms. The fourth-order valence-electron chi connectivity index (χ4n) is 3.56. The zero-order chi connectivity index (χ0) is 15.5. The van der Waals surface area contributed by atoms with Crippen LogP contribution >= 0.6 is 11.6 Å². The summed E-state index contributed by atoms with van der Waals surface area (Å²) in [5.41, 5.74) is 1.83. The molecule has 114 valence electrons. The molecule has 1 aliphatic carbocycles. The van der Waals surface area contributed by atoms with Crippen LogP contribution in [0.15, 0.2) is 34.7 Å². The van der Waals surface area contributed by atoms with Crippen LogP contribution in [-0.2, 0) is 0 Å². The van der Waals surface area contributed by atoms with Crippen molar-refractivity contribution in [1.29, 1.82) is 0 Å². The van der Waals surface area contributed by atoms with Crippen LogP contribution in [0.4, 0.5) is 0 Å². The largest absolute Gasteiger partial charge is 0.460 e. The van der Waals surface area contributed by atoms with Gasteiger partial charge >= 0.3 is 0 Å². The number of rotatable bonds is 2. The van der Waals surface area contributed by atoms with E-state index < -0.39 is 0 Å². The summed E-state index contributed by atoms with van der Waals surface area (Å²) in [4.78, 5) is 14.7. The predicted octanol–water partition coefficient (Wildman–Crippen LogP) is 4.39. The lowest BCUT2D eigenvalue weighted by Crippen LogP contribution is -2.31. The Kier molecular flexibility index (Phi) is 2.92. The second-order valence-electron chi connectivity index (χ2n) is 6.80. The quantitative estimate of drug-likeness (QED) is 0.823. The highest BCUT2D eigenvalue weighted by Gasteiger charge is 2.57. The molecule has 2 unspecified atom stereocenters. The standard InChI is InChI=1S/C18H18ClNO2/c1-11-14(17(21)20-9-12-8-18(12,2)10-20)7-16(22-11)13-5-3-4-6-15(13)19/h3-7,12H,8-10H2,1-2H3. The molecule has 0 spiro atoms. The molecule has 1 amide bonds. The maximum atomic E-state index is 12.7. The molecule has 22 heavy (non-hydrogen) atoms. The molecular formula is C18H18ClNO2. The molecule has 1 aliphatic heterocycles. The maximum Gasteiger partial charge on any atom is 0.257 e. The topological polar surface area (TPSA) is 33.5 Å². The number of furan rings is 1. The number of carbonyl (C=O) groups excluding carboxylic acids is 1. The van der Waals surface area contributed by atoms with Gasteiger partial charge in [0, 0.05) is 18.7 Å². The minimum atomic E-state index is 0.0768. The minimum Gasteiger partial charge on any atom is -0.460 e. The van der Waals surface area contributed by atoms with Crippen LogP contribution < -0.4 is 0 Å². The lowest BCUT2D eigenvalue weighted by Gasteiger charge is -2.18. The highest BCUT2D eigenvalue weighted by atomic mass is 35.5. The Morgan fingerprint density at radius 1 is 1.41 bits per heavy atom. The molecule has 1 saturated heterocycles. The van der Waals surface area contributed by atoms with Gasteiger partial charge in [-0.05, 0) is 42.9 Å². The number of hydrogen-bond acceptors (Lipinski definition) is 2. The van der Waals surface area contributed by atoms with Crippen LogP contribution in [0.2, 0.25) is 5.02 Å². The molecule has 0 radical (unpaired) electrons. The monoisotopic (exact) mass is 315 g/mol. The highest BCUT2D eigenvalue weighted by molar-refractivity contribution is 6.33. The van der Waals surface area contributed by atoms with Crippen LogP contribution in [0.25, 0.3) is 11.3 Å². The van der Waals surface area contributed by atoms with Crippen molar-refractivity contribution in [2.75, 3.05) is 13.1 Å². The fourth-order valence-corrected chi connectivity index (χ4v) is 3.79. The van der Waals surface area contributed by atoms with E-state index in [-0.39, 0.29) is 5.91 Å². The zero-order valence-corrected chi connectivity index (χ0v) is 13.5. The molecule has 2 aliphatic rings. The van der Waals surface area contributed by atoms with Crippen LogP contribution in [0, 0.1) is 18.3 Å². The van der Waals surface area contributed by atoms with E-state index in [1.54, 1.807) is 0 Å². The van der Waals surface area contributed by atoms with E-state index in [2.05, 4.69) is 6.92 Å². The van der Waals surface area contributed by atoms with Gasteiger partial charge in [-0.2, -0.15) is 0 Å². The summed E-state index contributed by atoms with van der Waals surface area (Å²) in [7, 11) is 0.